The summed E-state index contributed by atoms with van der Waals surface area (Å²) in [5.41, 5.74) is 0.232. The van der Waals surface area contributed by atoms with Crippen LogP contribution in [0, 0.1) is 5.41 Å². The number of ether oxygens (including phenoxy) is 1. The van der Waals surface area contributed by atoms with E-state index in [2.05, 4.69) is 32.7 Å². The molecule has 2 nitrogen and oxygen atoms in total. The third-order valence-corrected chi connectivity index (χ3v) is 1.99. The maximum absolute atomic E-state index is 5.56. The van der Waals surface area contributed by atoms with Crippen molar-refractivity contribution in [1.82, 2.24) is 5.32 Å². The Bertz CT molecular complexity index is 143. The average Bonchev–Trinajstić information content (AvgIpc) is 2.13. The monoisotopic (exact) mass is 199 g/mol. The van der Waals surface area contributed by atoms with Crippen molar-refractivity contribution in [2.75, 3.05) is 26.3 Å². The van der Waals surface area contributed by atoms with Gasteiger partial charge in [0.2, 0.25) is 0 Å². The van der Waals surface area contributed by atoms with E-state index in [4.69, 9.17) is 4.74 Å². The lowest BCUT2D eigenvalue weighted by Gasteiger charge is -2.24. The zero-order valence-corrected chi connectivity index (χ0v) is 9.94. The first-order valence-corrected chi connectivity index (χ1v) is 5.52. The molecule has 2 heteroatoms. The van der Waals surface area contributed by atoms with E-state index in [1.165, 1.54) is 6.42 Å². The van der Waals surface area contributed by atoms with Gasteiger partial charge in [-0.25, -0.2) is 0 Å². The van der Waals surface area contributed by atoms with Crippen molar-refractivity contribution in [3.63, 3.8) is 0 Å². The molecule has 0 aliphatic heterocycles. The summed E-state index contributed by atoms with van der Waals surface area (Å²) in [5.74, 6) is 0. The van der Waals surface area contributed by atoms with Crippen molar-refractivity contribution in [2.45, 2.75) is 33.6 Å². The highest BCUT2D eigenvalue weighted by molar-refractivity contribution is 4.71. The van der Waals surface area contributed by atoms with E-state index >= 15 is 0 Å². The van der Waals surface area contributed by atoms with Gasteiger partial charge >= 0.3 is 0 Å². The second-order valence-electron chi connectivity index (χ2n) is 4.47. The predicted molar refractivity (Wildman–Crippen MR) is 62.6 cm³/mol. The summed E-state index contributed by atoms with van der Waals surface area (Å²) in [6.45, 7) is 14.0. The molecule has 0 fully saturated rings. The van der Waals surface area contributed by atoms with Crippen molar-refractivity contribution in [1.29, 1.82) is 0 Å². The van der Waals surface area contributed by atoms with E-state index in [-0.39, 0.29) is 5.41 Å². The molecular formula is C12H25NO. The van der Waals surface area contributed by atoms with Gasteiger partial charge < -0.3 is 10.1 Å². The molecule has 0 aromatic rings. The number of hydrogen-bond donors (Lipinski definition) is 1. The Balaban J connectivity index is 3.45. The van der Waals surface area contributed by atoms with Crippen LogP contribution in [-0.4, -0.2) is 26.3 Å². The zero-order valence-electron chi connectivity index (χ0n) is 9.94. The van der Waals surface area contributed by atoms with Crippen LogP contribution in [0.2, 0.25) is 0 Å². The highest BCUT2D eigenvalue weighted by Crippen LogP contribution is 2.13. The molecule has 0 aromatic carbocycles. The summed E-state index contributed by atoms with van der Waals surface area (Å²) in [4.78, 5) is 0. The van der Waals surface area contributed by atoms with Crippen LogP contribution in [0.3, 0.4) is 0 Å². The molecular weight excluding hydrogens is 174 g/mol. The zero-order chi connectivity index (χ0) is 10.9. The van der Waals surface area contributed by atoms with Crippen molar-refractivity contribution in [3.8, 4) is 0 Å². The van der Waals surface area contributed by atoms with E-state index in [0.29, 0.717) is 0 Å². The maximum Gasteiger partial charge on any atom is 0.0529 e. The van der Waals surface area contributed by atoms with Crippen LogP contribution >= 0.6 is 0 Å². The second-order valence-corrected chi connectivity index (χ2v) is 4.47. The third-order valence-electron chi connectivity index (χ3n) is 1.99. The first kappa shape index (κ1) is 13.7. The Morgan fingerprint density at radius 1 is 1.43 bits per heavy atom. The molecule has 0 amide bonds. The molecule has 0 atom stereocenters. The van der Waals surface area contributed by atoms with E-state index < -0.39 is 0 Å². The number of hydrogen-bond acceptors (Lipinski definition) is 2. The standard InChI is InChI=1S/C12H25NO/c1-5-7-9-14-11-12(3,4)10-13-8-6-2/h5,13H,1,6-11H2,2-4H3. The van der Waals surface area contributed by atoms with Gasteiger partial charge in [0.15, 0.2) is 0 Å². The molecule has 84 valence electrons. The SMILES string of the molecule is C=CCCOCC(C)(C)CNCCC. The third kappa shape index (κ3) is 8.27. The van der Waals surface area contributed by atoms with Gasteiger partial charge in [0.25, 0.3) is 0 Å². The molecule has 0 aliphatic rings. The van der Waals surface area contributed by atoms with E-state index in [0.717, 1.165) is 32.7 Å². The molecule has 1 N–H and O–H groups in total. The molecule has 0 aromatic heterocycles. The van der Waals surface area contributed by atoms with Crippen LogP contribution in [-0.2, 0) is 4.74 Å². The summed E-state index contributed by atoms with van der Waals surface area (Å²) in [5, 5.41) is 3.42. The molecule has 14 heavy (non-hydrogen) atoms. The predicted octanol–water partition coefficient (Wildman–Crippen LogP) is 2.60. The minimum absolute atomic E-state index is 0.232. The Hall–Kier alpha value is -0.340. The first-order chi connectivity index (χ1) is 6.62. The summed E-state index contributed by atoms with van der Waals surface area (Å²) < 4.78 is 5.56. The summed E-state index contributed by atoms with van der Waals surface area (Å²) >= 11 is 0. The van der Waals surface area contributed by atoms with Gasteiger partial charge in [-0.05, 0) is 19.4 Å². The lowest BCUT2D eigenvalue weighted by Crippen LogP contribution is -2.33. The topological polar surface area (TPSA) is 21.3 Å². The lowest BCUT2D eigenvalue weighted by atomic mass is 9.95. The highest BCUT2D eigenvalue weighted by atomic mass is 16.5. The van der Waals surface area contributed by atoms with E-state index in [9.17, 15) is 0 Å². The van der Waals surface area contributed by atoms with Gasteiger partial charge in [-0.1, -0.05) is 26.8 Å². The van der Waals surface area contributed by atoms with Gasteiger partial charge in [-0.15, -0.1) is 6.58 Å². The fraction of sp³-hybridized carbons (Fsp3) is 0.833. The second kappa shape index (κ2) is 8.01. The van der Waals surface area contributed by atoms with Gasteiger partial charge in [-0.3, -0.25) is 0 Å². The van der Waals surface area contributed by atoms with Crippen LogP contribution in [0.4, 0.5) is 0 Å². The Morgan fingerprint density at radius 2 is 2.14 bits per heavy atom. The number of nitrogens with one attached hydrogen (secondary N) is 1. The van der Waals surface area contributed by atoms with Gasteiger partial charge in [0, 0.05) is 12.0 Å². The van der Waals surface area contributed by atoms with Crippen LogP contribution in [0.15, 0.2) is 12.7 Å². The first-order valence-electron chi connectivity index (χ1n) is 5.52. The highest BCUT2D eigenvalue weighted by Gasteiger charge is 2.16. The van der Waals surface area contributed by atoms with Crippen molar-refractivity contribution >= 4 is 0 Å². The normalized spacial score (nSPS) is 11.6. The Labute approximate surface area is 88.7 Å². The van der Waals surface area contributed by atoms with Gasteiger partial charge in [0.1, 0.15) is 0 Å². The summed E-state index contributed by atoms with van der Waals surface area (Å²) in [6.07, 6.45) is 4.02. The molecule has 0 bridgehead atoms. The smallest absolute Gasteiger partial charge is 0.0529 e. The molecule has 0 spiro atoms. The van der Waals surface area contributed by atoms with Crippen LogP contribution in [0.1, 0.15) is 33.6 Å². The fourth-order valence-corrected chi connectivity index (χ4v) is 1.17. The van der Waals surface area contributed by atoms with Gasteiger partial charge in [0.05, 0.1) is 13.2 Å². The van der Waals surface area contributed by atoms with Crippen LogP contribution in [0.25, 0.3) is 0 Å². The summed E-state index contributed by atoms with van der Waals surface area (Å²) in [7, 11) is 0. The van der Waals surface area contributed by atoms with Crippen molar-refractivity contribution in [2.24, 2.45) is 5.41 Å². The minimum atomic E-state index is 0.232. The van der Waals surface area contributed by atoms with Crippen LogP contribution in [0.5, 0.6) is 0 Å². The molecule has 0 radical (unpaired) electrons. The quantitative estimate of drug-likeness (QED) is 0.455. The molecule has 0 unspecified atom stereocenters. The molecule has 0 saturated carbocycles. The minimum Gasteiger partial charge on any atom is -0.381 e. The average molecular weight is 199 g/mol. The van der Waals surface area contributed by atoms with Gasteiger partial charge in [-0.2, -0.15) is 0 Å². The Morgan fingerprint density at radius 3 is 2.71 bits per heavy atom. The molecule has 0 heterocycles. The summed E-state index contributed by atoms with van der Waals surface area (Å²) in [6, 6.07) is 0. The number of rotatable bonds is 9. The fourth-order valence-electron chi connectivity index (χ4n) is 1.17. The van der Waals surface area contributed by atoms with Crippen LogP contribution < -0.4 is 5.32 Å². The largest absolute Gasteiger partial charge is 0.381 e. The molecule has 0 aliphatic carbocycles. The van der Waals surface area contributed by atoms with E-state index in [1.807, 2.05) is 6.08 Å². The Kier molecular flexibility index (Phi) is 7.81. The molecule has 0 saturated heterocycles. The van der Waals surface area contributed by atoms with E-state index in [1.54, 1.807) is 0 Å². The molecule has 0 rings (SSSR count). The lowest BCUT2D eigenvalue weighted by molar-refractivity contribution is 0.0651. The van der Waals surface area contributed by atoms with Crippen molar-refractivity contribution < 1.29 is 4.74 Å². The maximum atomic E-state index is 5.56. The van der Waals surface area contributed by atoms with Crippen molar-refractivity contribution in [3.05, 3.63) is 12.7 Å².